The Hall–Kier alpha value is -1.54. The van der Waals surface area contributed by atoms with Crippen LogP contribution in [-0.4, -0.2) is 22.8 Å². The van der Waals surface area contributed by atoms with Crippen molar-refractivity contribution in [1.82, 2.24) is 4.98 Å². The highest BCUT2D eigenvalue weighted by Gasteiger charge is 2.20. The molecule has 5 heteroatoms. The summed E-state index contributed by atoms with van der Waals surface area (Å²) in [5.41, 5.74) is 2.26. The molecule has 0 saturated carbocycles. The van der Waals surface area contributed by atoms with Crippen molar-refractivity contribution in [3.63, 3.8) is 0 Å². The summed E-state index contributed by atoms with van der Waals surface area (Å²) in [5, 5.41) is 9.45. The molecule has 0 amide bonds. The highest BCUT2D eigenvalue weighted by atomic mass is 32.2. The van der Waals surface area contributed by atoms with Gasteiger partial charge in [-0.25, -0.2) is 4.98 Å². The number of esters is 1. The molecule has 1 unspecified atom stereocenters. The van der Waals surface area contributed by atoms with Gasteiger partial charge in [0.05, 0.1) is 12.2 Å². The molecule has 0 aliphatic rings. The number of aryl methyl sites for hydroxylation is 2. The van der Waals surface area contributed by atoms with Crippen LogP contribution in [0.1, 0.15) is 44.0 Å². The maximum absolute atomic E-state index is 11.9. The molecule has 21 heavy (non-hydrogen) atoms. The maximum Gasteiger partial charge on any atom is 0.319 e. The first-order chi connectivity index (χ1) is 9.85. The first-order valence-corrected chi connectivity index (χ1v) is 7.94. The van der Waals surface area contributed by atoms with Crippen LogP contribution in [0, 0.1) is 31.1 Å². The number of nitrogens with zero attached hydrogens (tertiary/aromatic N) is 2. The lowest BCUT2D eigenvalue weighted by atomic mass is 10.1. The van der Waals surface area contributed by atoms with Gasteiger partial charge in [-0.05, 0) is 44.7 Å². The molecule has 0 fully saturated rings. The highest BCUT2D eigenvalue weighted by molar-refractivity contribution is 8.00. The Bertz CT molecular complexity index is 550. The number of rotatable bonds is 6. The van der Waals surface area contributed by atoms with Crippen molar-refractivity contribution in [2.45, 2.75) is 51.3 Å². The van der Waals surface area contributed by atoms with E-state index in [1.54, 1.807) is 6.92 Å². The smallest absolute Gasteiger partial charge is 0.319 e. The van der Waals surface area contributed by atoms with E-state index in [1.165, 1.54) is 11.8 Å². The second-order valence-corrected chi connectivity index (χ2v) is 6.81. The Kier molecular flexibility index (Phi) is 6.70. The zero-order valence-electron chi connectivity index (χ0n) is 13.3. The third kappa shape index (κ3) is 5.39. The molecule has 0 bridgehead atoms. The normalized spacial score (nSPS) is 12.0. The third-order valence-electron chi connectivity index (χ3n) is 2.98. The van der Waals surface area contributed by atoms with Crippen LogP contribution in [-0.2, 0) is 9.53 Å². The standard InChI is InChI=1S/C16H22N2O2S/c1-10(2)6-7-20-16(19)13(5)21-15-14(9-17)11(3)8-12(4)18-15/h8,10,13H,6-7H2,1-5H3. The number of hydrogen-bond acceptors (Lipinski definition) is 5. The van der Waals surface area contributed by atoms with Gasteiger partial charge in [-0.3, -0.25) is 4.79 Å². The molecule has 1 aromatic rings. The Balaban J connectivity index is 2.73. The Morgan fingerprint density at radius 2 is 2.10 bits per heavy atom. The summed E-state index contributed by atoms with van der Waals surface area (Å²) in [6.45, 7) is 10.2. The summed E-state index contributed by atoms with van der Waals surface area (Å²) < 4.78 is 5.25. The first kappa shape index (κ1) is 17.5. The van der Waals surface area contributed by atoms with E-state index in [0.29, 0.717) is 23.1 Å². The molecule has 0 saturated heterocycles. The van der Waals surface area contributed by atoms with E-state index in [-0.39, 0.29) is 11.2 Å². The average Bonchev–Trinajstić information content (AvgIpc) is 2.37. The number of ether oxygens (including phenoxy) is 1. The van der Waals surface area contributed by atoms with Crippen LogP contribution >= 0.6 is 11.8 Å². The molecule has 0 aromatic carbocycles. The fraction of sp³-hybridized carbons (Fsp3) is 0.562. The third-order valence-corrected chi connectivity index (χ3v) is 4.05. The zero-order valence-corrected chi connectivity index (χ0v) is 14.1. The first-order valence-electron chi connectivity index (χ1n) is 7.06. The fourth-order valence-corrected chi connectivity index (χ4v) is 2.77. The second-order valence-electron chi connectivity index (χ2n) is 5.48. The molecule has 0 aliphatic carbocycles. The van der Waals surface area contributed by atoms with Crippen LogP contribution in [0.2, 0.25) is 0 Å². The van der Waals surface area contributed by atoms with E-state index in [4.69, 9.17) is 4.74 Å². The van der Waals surface area contributed by atoms with E-state index in [1.807, 2.05) is 19.9 Å². The van der Waals surface area contributed by atoms with E-state index in [9.17, 15) is 10.1 Å². The van der Waals surface area contributed by atoms with Gasteiger partial charge in [-0.1, -0.05) is 25.6 Å². The topological polar surface area (TPSA) is 63.0 Å². The molecule has 1 aromatic heterocycles. The van der Waals surface area contributed by atoms with Crippen LogP contribution in [0.3, 0.4) is 0 Å². The monoisotopic (exact) mass is 306 g/mol. The lowest BCUT2D eigenvalue weighted by Gasteiger charge is -2.13. The summed E-state index contributed by atoms with van der Waals surface area (Å²) in [4.78, 5) is 16.3. The van der Waals surface area contributed by atoms with Crippen LogP contribution in [0.25, 0.3) is 0 Å². The van der Waals surface area contributed by atoms with Gasteiger partial charge in [0.15, 0.2) is 0 Å². The summed E-state index contributed by atoms with van der Waals surface area (Å²) in [7, 11) is 0. The van der Waals surface area contributed by atoms with E-state index < -0.39 is 0 Å². The van der Waals surface area contributed by atoms with Crippen molar-refractivity contribution in [2.75, 3.05) is 6.61 Å². The molecule has 0 radical (unpaired) electrons. The molecule has 0 spiro atoms. The molecule has 1 rings (SSSR count). The van der Waals surface area contributed by atoms with Crippen molar-refractivity contribution in [2.24, 2.45) is 5.92 Å². The summed E-state index contributed by atoms with van der Waals surface area (Å²) >= 11 is 1.28. The van der Waals surface area contributed by atoms with Crippen molar-refractivity contribution >= 4 is 17.7 Å². The molecule has 0 N–H and O–H groups in total. The molecular formula is C16H22N2O2S. The lowest BCUT2D eigenvalue weighted by Crippen LogP contribution is -2.18. The van der Waals surface area contributed by atoms with Crippen LogP contribution in [0.5, 0.6) is 0 Å². The number of hydrogen-bond donors (Lipinski definition) is 0. The zero-order chi connectivity index (χ0) is 16.0. The molecular weight excluding hydrogens is 284 g/mol. The van der Waals surface area contributed by atoms with Crippen molar-refractivity contribution in [1.29, 1.82) is 5.26 Å². The number of aromatic nitrogens is 1. The Morgan fingerprint density at radius 3 is 2.67 bits per heavy atom. The van der Waals surface area contributed by atoms with E-state index >= 15 is 0 Å². The van der Waals surface area contributed by atoms with Gasteiger partial charge in [0.2, 0.25) is 0 Å². The Morgan fingerprint density at radius 1 is 1.43 bits per heavy atom. The van der Waals surface area contributed by atoms with E-state index in [0.717, 1.165) is 17.7 Å². The maximum atomic E-state index is 11.9. The lowest BCUT2D eigenvalue weighted by molar-refractivity contribution is -0.142. The minimum Gasteiger partial charge on any atom is -0.465 e. The number of pyridine rings is 1. The van der Waals surface area contributed by atoms with Gasteiger partial charge in [0, 0.05) is 5.69 Å². The van der Waals surface area contributed by atoms with Crippen LogP contribution in [0.4, 0.5) is 0 Å². The SMILES string of the molecule is Cc1cc(C)c(C#N)c(SC(C)C(=O)OCCC(C)C)n1. The number of carbonyl (C=O) groups excluding carboxylic acids is 1. The van der Waals surface area contributed by atoms with Gasteiger partial charge in [0.25, 0.3) is 0 Å². The van der Waals surface area contributed by atoms with Crippen LogP contribution in [0.15, 0.2) is 11.1 Å². The molecule has 114 valence electrons. The van der Waals surface area contributed by atoms with Gasteiger partial charge < -0.3 is 4.74 Å². The minimum absolute atomic E-state index is 0.259. The minimum atomic E-state index is -0.377. The second kappa shape index (κ2) is 8.04. The number of carbonyl (C=O) groups is 1. The van der Waals surface area contributed by atoms with E-state index in [2.05, 4.69) is 24.9 Å². The number of thioether (sulfide) groups is 1. The highest BCUT2D eigenvalue weighted by Crippen LogP contribution is 2.27. The Labute approximate surface area is 130 Å². The van der Waals surface area contributed by atoms with Crippen LogP contribution < -0.4 is 0 Å². The quantitative estimate of drug-likeness (QED) is 0.593. The number of nitriles is 1. The van der Waals surface area contributed by atoms with Gasteiger partial charge >= 0.3 is 5.97 Å². The summed E-state index contributed by atoms with van der Waals surface area (Å²) in [6, 6.07) is 4.03. The molecule has 0 aliphatic heterocycles. The average molecular weight is 306 g/mol. The molecule has 1 atom stereocenters. The summed E-state index contributed by atoms with van der Waals surface area (Å²) in [6.07, 6.45) is 0.856. The van der Waals surface area contributed by atoms with Gasteiger partial charge in [0.1, 0.15) is 16.3 Å². The predicted molar refractivity (Wildman–Crippen MR) is 84.2 cm³/mol. The molecule has 1 heterocycles. The largest absolute Gasteiger partial charge is 0.465 e. The fourth-order valence-electron chi connectivity index (χ4n) is 1.75. The predicted octanol–water partition coefficient (Wildman–Crippen LogP) is 3.64. The van der Waals surface area contributed by atoms with Crippen molar-refractivity contribution < 1.29 is 9.53 Å². The van der Waals surface area contributed by atoms with Crippen molar-refractivity contribution in [3.8, 4) is 6.07 Å². The molecule has 4 nitrogen and oxygen atoms in total. The van der Waals surface area contributed by atoms with Crippen molar-refractivity contribution in [3.05, 3.63) is 22.9 Å². The van der Waals surface area contributed by atoms with Gasteiger partial charge in [-0.2, -0.15) is 5.26 Å². The summed E-state index contributed by atoms with van der Waals surface area (Å²) in [5.74, 6) is 0.248. The van der Waals surface area contributed by atoms with Gasteiger partial charge in [-0.15, -0.1) is 0 Å².